The summed E-state index contributed by atoms with van der Waals surface area (Å²) in [6, 6.07) is 19.5. The van der Waals surface area contributed by atoms with E-state index in [1.54, 1.807) is 11.1 Å². The Morgan fingerprint density at radius 2 is 1.86 bits per heavy atom. The topological polar surface area (TPSA) is 98.6 Å². The van der Waals surface area contributed by atoms with E-state index in [1.807, 2.05) is 72.3 Å². The first-order chi connectivity index (χ1) is 20.2. The zero-order valence-corrected chi connectivity index (χ0v) is 24.9. The van der Waals surface area contributed by atoms with E-state index in [0.717, 1.165) is 33.8 Å². The van der Waals surface area contributed by atoms with Crippen molar-refractivity contribution in [1.29, 1.82) is 0 Å². The van der Waals surface area contributed by atoms with Crippen LogP contribution in [0.15, 0.2) is 66.9 Å². The van der Waals surface area contributed by atoms with Gasteiger partial charge in [-0.15, -0.1) is 11.8 Å². The summed E-state index contributed by atoms with van der Waals surface area (Å²) in [5.41, 5.74) is 5.08. The molecule has 216 valence electrons. The van der Waals surface area contributed by atoms with Crippen molar-refractivity contribution in [2.75, 3.05) is 24.0 Å². The van der Waals surface area contributed by atoms with Crippen LogP contribution in [0.1, 0.15) is 54.1 Å². The van der Waals surface area contributed by atoms with Gasteiger partial charge in [-0.3, -0.25) is 19.5 Å². The minimum absolute atomic E-state index is 0.145. The Morgan fingerprint density at radius 1 is 1.07 bits per heavy atom. The number of hydrogen-bond donors (Lipinski definition) is 1. The van der Waals surface area contributed by atoms with Crippen LogP contribution >= 0.6 is 11.8 Å². The first kappa shape index (κ1) is 27.8. The molecule has 6 rings (SSSR count). The number of hydrogen-bond acceptors (Lipinski definition) is 7. The van der Waals surface area contributed by atoms with E-state index >= 15 is 0 Å². The third kappa shape index (κ3) is 5.46. The molecule has 0 saturated heterocycles. The van der Waals surface area contributed by atoms with Crippen molar-refractivity contribution in [3.05, 3.63) is 94.9 Å². The van der Waals surface area contributed by atoms with Crippen LogP contribution in [-0.2, 0) is 21.5 Å². The number of nitrogens with zero attached hydrogens (tertiary/aromatic N) is 4. The molecule has 0 spiro atoms. The molecule has 0 radical (unpaired) electrons. The average molecular weight is 584 g/mol. The molecule has 2 aromatic heterocycles. The van der Waals surface area contributed by atoms with Gasteiger partial charge in [-0.2, -0.15) is 5.10 Å². The van der Waals surface area contributed by atoms with E-state index in [0.29, 0.717) is 17.3 Å². The number of carbonyl (C=O) groups is 2. The van der Waals surface area contributed by atoms with Gasteiger partial charge in [-0.1, -0.05) is 50.6 Å². The number of fused-ring (bicyclic) bond motifs is 2. The summed E-state index contributed by atoms with van der Waals surface area (Å²) in [5, 5.41) is 7.85. The van der Waals surface area contributed by atoms with Gasteiger partial charge in [0.1, 0.15) is 12.4 Å². The molecular formula is C32H33N5O4S. The van der Waals surface area contributed by atoms with Crippen molar-refractivity contribution in [2.24, 2.45) is 0 Å². The average Bonchev–Trinajstić information content (AvgIpc) is 3.58. The molecule has 4 heterocycles. The molecule has 1 N–H and O–H groups in total. The van der Waals surface area contributed by atoms with Crippen molar-refractivity contribution in [1.82, 2.24) is 20.1 Å². The van der Waals surface area contributed by atoms with Gasteiger partial charge in [0.25, 0.3) is 0 Å². The molecule has 2 aliphatic rings. The lowest BCUT2D eigenvalue weighted by Gasteiger charge is -2.24. The number of pyridine rings is 1. The van der Waals surface area contributed by atoms with Crippen molar-refractivity contribution >= 4 is 29.4 Å². The number of nitrogens with one attached hydrogen (secondary N) is 1. The quantitative estimate of drug-likeness (QED) is 0.338. The zero-order chi connectivity index (χ0) is 29.4. The number of rotatable bonds is 6. The Balaban J connectivity index is 1.48. The highest BCUT2D eigenvalue weighted by molar-refractivity contribution is 8.00. The summed E-state index contributed by atoms with van der Waals surface area (Å²) in [5.74, 6) is 1.74. The van der Waals surface area contributed by atoms with Gasteiger partial charge in [-0.25, -0.2) is 4.68 Å². The van der Waals surface area contributed by atoms with Crippen LogP contribution in [0.25, 0.3) is 5.69 Å². The van der Waals surface area contributed by atoms with E-state index in [1.165, 1.54) is 11.8 Å². The third-order valence-corrected chi connectivity index (χ3v) is 8.53. The largest absolute Gasteiger partial charge is 0.454 e. The maximum atomic E-state index is 13.9. The van der Waals surface area contributed by atoms with Gasteiger partial charge in [0.2, 0.25) is 18.6 Å². The van der Waals surface area contributed by atoms with Gasteiger partial charge in [0.15, 0.2) is 11.5 Å². The molecule has 0 saturated carbocycles. The number of carbonyl (C=O) groups excluding carboxylic acids is 2. The molecule has 0 bridgehead atoms. The van der Waals surface area contributed by atoms with Gasteiger partial charge in [-0.05, 0) is 48.9 Å². The fourth-order valence-corrected chi connectivity index (χ4v) is 6.36. The highest BCUT2D eigenvalue weighted by Crippen LogP contribution is 2.49. The van der Waals surface area contributed by atoms with E-state index < -0.39 is 0 Å². The van der Waals surface area contributed by atoms with Crippen LogP contribution < -0.4 is 19.7 Å². The lowest BCUT2D eigenvalue weighted by Crippen LogP contribution is -2.42. The molecule has 42 heavy (non-hydrogen) atoms. The van der Waals surface area contributed by atoms with E-state index in [4.69, 9.17) is 14.6 Å². The van der Waals surface area contributed by atoms with Gasteiger partial charge >= 0.3 is 0 Å². The summed E-state index contributed by atoms with van der Waals surface area (Å²) in [7, 11) is 0. The Hall–Kier alpha value is -4.31. The van der Waals surface area contributed by atoms with Gasteiger partial charge in [0.05, 0.1) is 34.6 Å². The molecule has 2 aromatic carbocycles. The normalized spacial score (nSPS) is 16.2. The fourth-order valence-electron chi connectivity index (χ4n) is 5.17. The Morgan fingerprint density at radius 3 is 2.60 bits per heavy atom. The van der Waals surface area contributed by atoms with E-state index in [-0.39, 0.29) is 48.1 Å². The van der Waals surface area contributed by atoms with Crippen LogP contribution in [0, 0.1) is 6.92 Å². The van der Waals surface area contributed by atoms with Crippen LogP contribution in [0.3, 0.4) is 0 Å². The Bertz CT molecular complexity index is 1630. The SMILES string of the molecule is Cc1ccc(-n2nc(C(C)(C)C)c3c2N(CC(=O)NCc2ccccn2)C(=O)CSC3c2ccc3c(c2)OCO3)cc1. The number of amides is 2. The predicted molar refractivity (Wildman–Crippen MR) is 162 cm³/mol. The summed E-state index contributed by atoms with van der Waals surface area (Å²) in [6.45, 7) is 8.69. The predicted octanol–water partition coefficient (Wildman–Crippen LogP) is 5.09. The van der Waals surface area contributed by atoms with Crippen LogP contribution in [0.4, 0.5) is 5.82 Å². The molecular weight excluding hydrogens is 550 g/mol. The summed E-state index contributed by atoms with van der Waals surface area (Å²) >= 11 is 1.53. The van der Waals surface area contributed by atoms with Gasteiger partial charge in [0, 0.05) is 17.2 Å². The number of ether oxygens (including phenoxy) is 2. The smallest absolute Gasteiger partial charge is 0.240 e. The number of aromatic nitrogens is 3. The highest BCUT2D eigenvalue weighted by Gasteiger charge is 2.40. The van der Waals surface area contributed by atoms with E-state index in [9.17, 15) is 9.59 Å². The lowest BCUT2D eigenvalue weighted by molar-refractivity contribution is -0.123. The van der Waals surface area contributed by atoms with E-state index in [2.05, 4.69) is 31.1 Å². The highest BCUT2D eigenvalue weighted by atomic mass is 32.2. The molecule has 0 fully saturated rings. The summed E-state index contributed by atoms with van der Waals surface area (Å²) < 4.78 is 13.1. The molecule has 9 nitrogen and oxygen atoms in total. The van der Waals surface area contributed by atoms with Crippen molar-refractivity contribution in [2.45, 2.75) is 44.9 Å². The maximum Gasteiger partial charge on any atom is 0.240 e. The second kappa shape index (κ2) is 11.2. The van der Waals surface area contributed by atoms with Crippen molar-refractivity contribution < 1.29 is 19.1 Å². The van der Waals surface area contributed by atoms with Gasteiger partial charge < -0.3 is 14.8 Å². The fraction of sp³-hybridized carbons (Fsp3) is 0.312. The van der Waals surface area contributed by atoms with Crippen molar-refractivity contribution in [3.8, 4) is 17.2 Å². The summed E-state index contributed by atoms with van der Waals surface area (Å²) in [6.07, 6.45) is 1.69. The van der Waals surface area contributed by atoms with Crippen LogP contribution in [0.2, 0.25) is 0 Å². The minimum atomic E-state index is -0.352. The third-order valence-electron chi connectivity index (χ3n) is 7.27. The number of anilines is 1. The standard InChI is InChI=1S/C32H33N5O4S/c1-20-8-11-23(12-9-20)37-31-28(30(35-37)32(2,3)4)29(21-10-13-24-25(15-21)41-19-40-24)42-18-27(39)36(31)17-26(38)34-16-22-7-5-6-14-33-22/h5-15,29H,16-19H2,1-4H3,(H,34,38). The zero-order valence-electron chi connectivity index (χ0n) is 24.1. The molecule has 1 unspecified atom stereocenters. The first-order valence-corrected chi connectivity index (χ1v) is 14.9. The van der Waals surface area contributed by atoms with Crippen molar-refractivity contribution in [3.63, 3.8) is 0 Å². The number of aryl methyl sites for hydroxylation is 1. The minimum Gasteiger partial charge on any atom is -0.454 e. The monoisotopic (exact) mass is 583 g/mol. The molecule has 2 amide bonds. The Labute approximate surface area is 249 Å². The second-order valence-corrected chi connectivity index (χ2v) is 12.6. The first-order valence-electron chi connectivity index (χ1n) is 13.9. The summed E-state index contributed by atoms with van der Waals surface area (Å²) in [4.78, 5) is 33.1. The number of thioether (sulfide) groups is 1. The molecule has 2 aliphatic heterocycles. The van der Waals surface area contributed by atoms with Crippen LogP contribution in [-0.4, -0.2) is 45.7 Å². The molecule has 1 atom stereocenters. The second-order valence-electron chi connectivity index (χ2n) is 11.5. The lowest BCUT2D eigenvalue weighted by atomic mass is 9.87. The molecule has 10 heteroatoms. The Kier molecular flexibility index (Phi) is 7.40. The van der Waals surface area contributed by atoms with Crippen LogP contribution in [0.5, 0.6) is 11.5 Å². The molecule has 0 aliphatic carbocycles. The molecule has 4 aromatic rings. The maximum absolute atomic E-state index is 13.9. The number of benzene rings is 2.